The van der Waals surface area contributed by atoms with Crippen LogP contribution in [0.4, 0.5) is 5.69 Å². The van der Waals surface area contributed by atoms with Crippen LogP contribution in [-0.4, -0.2) is 42.9 Å². The van der Waals surface area contributed by atoms with Gasteiger partial charge in [-0.15, -0.1) is 0 Å². The molecular weight excluding hydrogens is 361 g/mol. The number of nitrogens with zero attached hydrogens (tertiary/aromatic N) is 1. The van der Waals surface area contributed by atoms with Gasteiger partial charge in [0.2, 0.25) is 11.8 Å². The van der Waals surface area contributed by atoms with Crippen molar-refractivity contribution in [1.29, 1.82) is 0 Å². The lowest BCUT2D eigenvalue weighted by atomic mass is 9.86. The lowest BCUT2D eigenvalue weighted by Crippen LogP contribution is -2.46. The summed E-state index contributed by atoms with van der Waals surface area (Å²) in [5.41, 5.74) is 0.577. The Morgan fingerprint density at radius 2 is 1.80 bits per heavy atom. The zero-order chi connectivity index (χ0) is 18.4. The summed E-state index contributed by atoms with van der Waals surface area (Å²) in [5.74, 6) is 0.268. The van der Waals surface area contributed by atoms with E-state index in [2.05, 4.69) is 17.6 Å². The van der Waals surface area contributed by atoms with Crippen molar-refractivity contribution in [1.82, 2.24) is 10.2 Å². The number of benzene rings is 1. The van der Waals surface area contributed by atoms with Crippen LogP contribution in [0.1, 0.15) is 32.6 Å². The Balaban J connectivity index is 1.76. The van der Waals surface area contributed by atoms with Gasteiger partial charge in [-0.05, 0) is 44.0 Å². The molecule has 1 aromatic carbocycles. The van der Waals surface area contributed by atoms with Gasteiger partial charge in [0.1, 0.15) is 0 Å². The summed E-state index contributed by atoms with van der Waals surface area (Å²) < 4.78 is 0. The van der Waals surface area contributed by atoms with E-state index in [-0.39, 0.29) is 30.9 Å². The standard InChI is InChI=1S/C18H25Cl2N3O2/c1-12-5-3-4-6-16(12)22-18(25)11-23(2)10-17(24)21-13-7-8-14(19)15(20)9-13/h7-9,12,16H,3-6,10-11H2,1-2H3,(H,21,24)(H,22,25). The fourth-order valence-electron chi connectivity index (χ4n) is 3.10. The first kappa shape index (κ1) is 20.0. The van der Waals surface area contributed by atoms with Crippen molar-refractivity contribution in [2.24, 2.45) is 5.92 Å². The number of carbonyl (C=O) groups excluding carboxylic acids is 2. The van der Waals surface area contributed by atoms with Gasteiger partial charge >= 0.3 is 0 Å². The number of rotatable bonds is 6. The van der Waals surface area contributed by atoms with E-state index in [0.717, 1.165) is 19.3 Å². The molecule has 0 aliphatic heterocycles. The first-order valence-electron chi connectivity index (χ1n) is 8.58. The molecule has 7 heteroatoms. The molecule has 2 unspecified atom stereocenters. The smallest absolute Gasteiger partial charge is 0.238 e. The summed E-state index contributed by atoms with van der Waals surface area (Å²) >= 11 is 11.8. The van der Waals surface area contributed by atoms with E-state index in [1.165, 1.54) is 6.42 Å². The summed E-state index contributed by atoms with van der Waals surface area (Å²) in [6.45, 7) is 2.49. The molecule has 0 bridgehead atoms. The SMILES string of the molecule is CC1CCCCC1NC(=O)CN(C)CC(=O)Nc1ccc(Cl)c(Cl)c1. The molecule has 2 amide bonds. The second-order valence-corrected chi connectivity index (χ2v) is 7.60. The van der Waals surface area contributed by atoms with Crippen molar-refractivity contribution in [3.05, 3.63) is 28.2 Å². The summed E-state index contributed by atoms with van der Waals surface area (Å²) in [4.78, 5) is 25.9. The van der Waals surface area contributed by atoms with E-state index < -0.39 is 0 Å². The Hall–Kier alpha value is -1.30. The van der Waals surface area contributed by atoms with Crippen molar-refractivity contribution in [2.45, 2.75) is 38.6 Å². The molecule has 5 nitrogen and oxygen atoms in total. The molecule has 2 atom stereocenters. The molecule has 1 aliphatic carbocycles. The number of nitrogens with one attached hydrogen (secondary N) is 2. The van der Waals surface area contributed by atoms with E-state index >= 15 is 0 Å². The molecule has 0 spiro atoms. The number of hydrogen-bond donors (Lipinski definition) is 2. The second kappa shape index (κ2) is 9.41. The monoisotopic (exact) mass is 385 g/mol. The van der Waals surface area contributed by atoms with Gasteiger partial charge in [-0.1, -0.05) is 43.0 Å². The zero-order valence-electron chi connectivity index (χ0n) is 14.6. The molecule has 0 saturated heterocycles. The van der Waals surface area contributed by atoms with E-state index in [1.807, 2.05) is 0 Å². The van der Waals surface area contributed by atoms with E-state index in [1.54, 1.807) is 30.1 Å². The predicted molar refractivity (Wildman–Crippen MR) is 102 cm³/mol. The van der Waals surface area contributed by atoms with Crippen molar-refractivity contribution in [2.75, 3.05) is 25.5 Å². The average Bonchev–Trinajstić information content (AvgIpc) is 2.52. The summed E-state index contributed by atoms with van der Waals surface area (Å²) in [6, 6.07) is 5.16. The Morgan fingerprint density at radius 1 is 1.12 bits per heavy atom. The fraction of sp³-hybridized carbons (Fsp3) is 0.556. The lowest BCUT2D eigenvalue weighted by Gasteiger charge is -2.30. The normalized spacial score (nSPS) is 20.4. The van der Waals surface area contributed by atoms with Crippen LogP contribution in [0, 0.1) is 5.92 Å². The number of halogens is 2. The number of likely N-dealkylation sites (N-methyl/N-ethyl adjacent to an activating group) is 1. The third-order valence-electron chi connectivity index (χ3n) is 4.49. The molecule has 0 aromatic heterocycles. The minimum absolute atomic E-state index is 0.0383. The lowest BCUT2D eigenvalue weighted by molar-refractivity contribution is -0.124. The fourth-order valence-corrected chi connectivity index (χ4v) is 3.40. The number of anilines is 1. The molecule has 1 saturated carbocycles. The second-order valence-electron chi connectivity index (χ2n) is 6.79. The minimum atomic E-state index is -0.209. The highest BCUT2D eigenvalue weighted by molar-refractivity contribution is 6.42. The molecule has 1 aromatic rings. The van der Waals surface area contributed by atoms with Crippen LogP contribution in [0.2, 0.25) is 10.0 Å². The maximum atomic E-state index is 12.2. The third kappa shape index (κ3) is 6.49. The van der Waals surface area contributed by atoms with Crippen molar-refractivity contribution in [3.8, 4) is 0 Å². The molecule has 2 rings (SSSR count). The Morgan fingerprint density at radius 3 is 2.48 bits per heavy atom. The van der Waals surface area contributed by atoms with Crippen LogP contribution in [0.25, 0.3) is 0 Å². The average molecular weight is 386 g/mol. The number of carbonyl (C=O) groups is 2. The first-order chi connectivity index (χ1) is 11.8. The molecule has 1 fully saturated rings. The molecule has 0 radical (unpaired) electrons. The van der Waals surface area contributed by atoms with Gasteiger partial charge in [0, 0.05) is 11.7 Å². The molecule has 138 valence electrons. The Bertz CT molecular complexity index is 624. The van der Waals surface area contributed by atoms with Crippen LogP contribution in [-0.2, 0) is 9.59 Å². The van der Waals surface area contributed by atoms with Crippen molar-refractivity contribution < 1.29 is 9.59 Å². The van der Waals surface area contributed by atoms with Crippen molar-refractivity contribution >= 4 is 40.7 Å². The van der Waals surface area contributed by atoms with E-state index in [0.29, 0.717) is 21.7 Å². The number of hydrogen-bond acceptors (Lipinski definition) is 3. The van der Waals surface area contributed by atoms with Gasteiger partial charge in [-0.25, -0.2) is 0 Å². The van der Waals surface area contributed by atoms with Gasteiger partial charge in [-0.2, -0.15) is 0 Å². The van der Waals surface area contributed by atoms with Gasteiger partial charge < -0.3 is 10.6 Å². The largest absolute Gasteiger partial charge is 0.352 e. The summed E-state index contributed by atoms with van der Waals surface area (Å²) in [6.07, 6.45) is 4.60. The third-order valence-corrected chi connectivity index (χ3v) is 5.23. The van der Waals surface area contributed by atoms with Gasteiger partial charge in [-0.3, -0.25) is 14.5 Å². The highest BCUT2D eigenvalue weighted by Gasteiger charge is 2.23. The van der Waals surface area contributed by atoms with E-state index in [4.69, 9.17) is 23.2 Å². The molecule has 2 N–H and O–H groups in total. The van der Waals surface area contributed by atoms with Crippen LogP contribution < -0.4 is 10.6 Å². The first-order valence-corrected chi connectivity index (χ1v) is 9.33. The van der Waals surface area contributed by atoms with Crippen molar-refractivity contribution in [3.63, 3.8) is 0 Å². The van der Waals surface area contributed by atoms with Gasteiger partial charge in [0.05, 0.1) is 23.1 Å². The molecular formula is C18H25Cl2N3O2. The zero-order valence-corrected chi connectivity index (χ0v) is 16.2. The highest BCUT2D eigenvalue weighted by Crippen LogP contribution is 2.25. The maximum absolute atomic E-state index is 12.2. The van der Waals surface area contributed by atoms with Crippen LogP contribution >= 0.6 is 23.2 Å². The highest BCUT2D eigenvalue weighted by atomic mass is 35.5. The van der Waals surface area contributed by atoms with Crippen LogP contribution in [0.15, 0.2) is 18.2 Å². The summed E-state index contributed by atoms with van der Waals surface area (Å²) in [7, 11) is 1.75. The number of amides is 2. The minimum Gasteiger partial charge on any atom is -0.352 e. The Kier molecular flexibility index (Phi) is 7.54. The molecule has 25 heavy (non-hydrogen) atoms. The van der Waals surface area contributed by atoms with Gasteiger partial charge in [0.15, 0.2) is 0 Å². The van der Waals surface area contributed by atoms with E-state index in [9.17, 15) is 9.59 Å². The summed E-state index contributed by atoms with van der Waals surface area (Å²) in [5, 5.41) is 6.66. The predicted octanol–water partition coefficient (Wildman–Crippen LogP) is 3.56. The topological polar surface area (TPSA) is 61.4 Å². The van der Waals surface area contributed by atoms with Gasteiger partial charge in [0.25, 0.3) is 0 Å². The van der Waals surface area contributed by atoms with Crippen LogP contribution in [0.5, 0.6) is 0 Å². The Labute approximate surface area is 159 Å². The van der Waals surface area contributed by atoms with Crippen LogP contribution in [0.3, 0.4) is 0 Å². The molecule has 0 heterocycles. The molecule has 1 aliphatic rings. The quantitative estimate of drug-likeness (QED) is 0.786. The maximum Gasteiger partial charge on any atom is 0.238 e.